The Labute approximate surface area is 167 Å². The summed E-state index contributed by atoms with van der Waals surface area (Å²) in [6.45, 7) is 3.96. The second-order valence-corrected chi connectivity index (χ2v) is 9.14. The Morgan fingerprint density at radius 1 is 1.04 bits per heavy atom. The SMILES string of the molecule is O=c1c(-c2ccc(Cl)cc2)ccc2n1CC1CC2CN(Cc2cccs2)C1. The van der Waals surface area contributed by atoms with Crippen LogP contribution in [0, 0.1) is 5.92 Å². The number of thiophene rings is 1. The number of hydrogen-bond acceptors (Lipinski definition) is 3. The molecule has 4 heterocycles. The van der Waals surface area contributed by atoms with Crippen molar-refractivity contribution < 1.29 is 0 Å². The highest BCUT2D eigenvalue weighted by molar-refractivity contribution is 7.09. The van der Waals surface area contributed by atoms with Crippen molar-refractivity contribution in [1.82, 2.24) is 9.47 Å². The highest BCUT2D eigenvalue weighted by Crippen LogP contribution is 2.36. The molecule has 2 aliphatic rings. The molecule has 1 saturated heterocycles. The van der Waals surface area contributed by atoms with Crippen LogP contribution in [0.5, 0.6) is 0 Å². The lowest BCUT2D eigenvalue weighted by Gasteiger charge is -2.42. The van der Waals surface area contributed by atoms with Crippen molar-refractivity contribution in [1.29, 1.82) is 0 Å². The second kappa shape index (κ2) is 6.93. The zero-order valence-corrected chi connectivity index (χ0v) is 16.5. The average Bonchev–Trinajstić information content (AvgIpc) is 3.16. The van der Waals surface area contributed by atoms with Crippen LogP contribution < -0.4 is 5.56 Å². The van der Waals surface area contributed by atoms with E-state index in [2.05, 4.69) is 28.5 Å². The fourth-order valence-corrected chi connectivity index (χ4v) is 5.52. The van der Waals surface area contributed by atoms with Crippen molar-refractivity contribution in [3.05, 3.63) is 79.9 Å². The molecule has 5 heteroatoms. The minimum Gasteiger partial charge on any atom is -0.311 e. The number of nitrogens with zero attached hydrogens (tertiary/aromatic N) is 2. The van der Waals surface area contributed by atoms with Crippen molar-refractivity contribution in [2.45, 2.75) is 25.4 Å². The predicted octanol–water partition coefficient (Wildman–Crippen LogP) is 4.85. The molecule has 27 heavy (non-hydrogen) atoms. The van der Waals surface area contributed by atoms with E-state index in [1.807, 2.05) is 46.2 Å². The van der Waals surface area contributed by atoms with Gasteiger partial charge in [-0.05, 0) is 53.6 Å². The first-order valence-electron chi connectivity index (χ1n) is 9.42. The number of likely N-dealkylation sites (tertiary alicyclic amines) is 1. The zero-order valence-electron chi connectivity index (χ0n) is 15.0. The Kier molecular flexibility index (Phi) is 4.43. The first kappa shape index (κ1) is 17.2. The first-order chi connectivity index (χ1) is 13.2. The monoisotopic (exact) mass is 396 g/mol. The van der Waals surface area contributed by atoms with Crippen LogP contribution >= 0.6 is 22.9 Å². The van der Waals surface area contributed by atoms with Gasteiger partial charge in [0.15, 0.2) is 0 Å². The summed E-state index contributed by atoms with van der Waals surface area (Å²) in [5.41, 5.74) is 3.04. The van der Waals surface area contributed by atoms with E-state index >= 15 is 0 Å². The molecule has 0 spiro atoms. The van der Waals surface area contributed by atoms with Gasteiger partial charge < -0.3 is 4.57 Å². The van der Waals surface area contributed by atoms with Crippen LogP contribution in [0.4, 0.5) is 0 Å². The number of pyridine rings is 1. The van der Waals surface area contributed by atoms with E-state index < -0.39 is 0 Å². The lowest BCUT2D eigenvalue weighted by molar-refractivity contribution is 0.115. The maximum Gasteiger partial charge on any atom is 0.258 e. The molecule has 1 aromatic carbocycles. The fraction of sp³-hybridized carbons (Fsp3) is 0.318. The smallest absolute Gasteiger partial charge is 0.258 e. The molecule has 2 aliphatic heterocycles. The normalized spacial score (nSPS) is 21.8. The molecule has 2 atom stereocenters. The molecule has 0 amide bonds. The van der Waals surface area contributed by atoms with Crippen molar-refractivity contribution in [3.8, 4) is 11.1 Å². The van der Waals surface area contributed by atoms with Gasteiger partial charge in [-0.15, -0.1) is 11.3 Å². The Morgan fingerprint density at radius 3 is 2.67 bits per heavy atom. The topological polar surface area (TPSA) is 25.2 Å². The number of piperidine rings is 1. The highest BCUT2D eigenvalue weighted by atomic mass is 35.5. The molecule has 0 saturated carbocycles. The maximum absolute atomic E-state index is 13.2. The van der Waals surface area contributed by atoms with Gasteiger partial charge in [0.05, 0.1) is 0 Å². The van der Waals surface area contributed by atoms with Crippen molar-refractivity contribution >= 4 is 22.9 Å². The van der Waals surface area contributed by atoms with Crippen molar-refractivity contribution in [2.24, 2.45) is 5.92 Å². The Hall–Kier alpha value is -1.88. The lowest BCUT2D eigenvalue weighted by Crippen LogP contribution is -2.46. The van der Waals surface area contributed by atoms with Gasteiger partial charge in [-0.3, -0.25) is 9.69 Å². The van der Waals surface area contributed by atoms with Crippen LogP contribution in [0.1, 0.15) is 22.9 Å². The summed E-state index contributed by atoms with van der Waals surface area (Å²) in [4.78, 5) is 17.2. The molecule has 3 nitrogen and oxygen atoms in total. The van der Waals surface area contributed by atoms with Crippen molar-refractivity contribution in [2.75, 3.05) is 13.1 Å². The number of rotatable bonds is 3. The number of halogens is 1. The summed E-state index contributed by atoms with van der Waals surface area (Å²) in [6.07, 6.45) is 1.20. The maximum atomic E-state index is 13.2. The minimum atomic E-state index is 0.135. The molecule has 0 N–H and O–H groups in total. The van der Waals surface area contributed by atoms with E-state index in [4.69, 9.17) is 11.6 Å². The van der Waals surface area contributed by atoms with E-state index in [9.17, 15) is 4.79 Å². The van der Waals surface area contributed by atoms with Crippen molar-refractivity contribution in [3.63, 3.8) is 0 Å². The van der Waals surface area contributed by atoms with Gasteiger partial charge >= 0.3 is 0 Å². The molecular weight excluding hydrogens is 376 g/mol. The first-order valence-corrected chi connectivity index (χ1v) is 10.7. The summed E-state index contributed by atoms with van der Waals surface area (Å²) < 4.78 is 2.03. The molecular formula is C22H21ClN2OS. The molecule has 0 radical (unpaired) electrons. The summed E-state index contributed by atoms with van der Waals surface area (Å²) in [5.74, 6) is 0.999. The molecule has 0 aliphatic carbocycles. The Balaban J connectivity index is 1.46. The molecule has 2 bridgehead atoms. The van der Waals surface area contributed by atoms with Gasteiger partial charge in [-0.25, -0.2) is 0 Å². The molecule has 2 unspecified atom stereocenters. The third kappa shape index (κ3) is 3.27. The van der Waals surface area contributed by atoms with Gasteiger partial charge in [0.25, 0.3) is 5.56 Å². The van der Waals surface area contributed by atoms with E-state index in [-0.39, 0.29) is 5.56 Å². The quantitative estimate of drug-likeness (QED) is 0.632. The number of hydrogen-bond donors (Lipinski definition) is 0. The molecule has 2 aromatic heterocycles. The average molecular weight is 397 g/mol. The highest BCUT2D eigenvalue weighted by Gasteiger charge is 2.35. The minimum absolute atomic E-state index is 0.135. The molecule has 1 fully saturated rings. The van der Waals surface area contributed by atoms with E-state index in [0.717, 1.165) is 37.3 Å². The Bertz CT molecular complexity index is 1010. The van der Waals surface area contributed by atoms with Crippen LogP contribution in [-0.2, 0) is 13.1 Å². The van der Waals surface area contributed by atoms with Crippen LogP contribution in [0.25, 0.3) is 11.1 Å². The lowest BCUT2D eigenvalue weighted by atomic mass is 9.82. The van der Waals surface area contributed by atoms with Crippen LogP contribution in [0.3, 0.4) is 0 Å². The molecule has 3 aromatic rings. The van der Waals surface area contributed by atoms with E-state index in [0.29, 0.717) is 16.9 Å². The van der Waals surface area contributed by atoms with E-state index in [1.54, 1.807) is 0 Å². The number of fused-ring (bicyclic) bond motifs is 4. The van der Waals surface area contributed by atoms with Gasteiger partial charge in [0.2, 0.25) is 0 Å². The molecule has 5 rings (SSSR count). The number of aromatic nitrogens is 1. The predicted molar refractivity (Wildman–Crippen MR) is 112 cm³/mol. The van der Waals surface area contributed by atoms with E-state index in [1.165, 1.54) is 17.0 Å². The third-order valence-electron chi connectivity index (χ3n) is 5.79. The summed E-state index contributed by atoms with van der Waals surface area (Å²) in [6, 6.07) is 16.0. The third-order valence-corrected chi connectivity index (χ3v) is 6.91. The summed E-state index contributed by atoms with van der Waals surface area (Å²) >= 11 is 7.82. The zero-order chi connectivity index (χ0) is 18.4. The standard InChI is InChI=1S/C22H21ClN2OS/c23-18-5-3-16(4-6-18)20-7-8-21-17-10-15(12-25(21)22(20)26)11-24(13-17)14-19-2-1-9-27-19/h1-9,15,17H,10-14H2. The fourth-order valence-electron chi connectivity index (χ4n) is 4.65. The van der Waals surface area contributed by atoms with Crippen LogP contribution in [0.2, 0.25) is 5.02 Å². The number of benzene rings is 1. The summed E-state index contributed by atoms with van der Waals surface area (Å²) in [7, 11) is 0. The summed E-state index contributed by atoms with van der Waals surface area (Å²) in [5, 5.41) is 2.84. The Morgan fingerprint density at radius 2 is 1.89 bits per heavy atom. The second-order valence-electron chi connectivity index (χ2n) is 7.67. The van der Waals surface area contributed by atoms with Crippen LogP contribution in [-0.4, -0.2) is 22.6 Å². The molecule has 138 valence electrons. The largest absolute Gasteiger partial charge is 0.311 e. The van der Waals surface area contributed by atoms with Crippen LogP contribution in [0.15, 0.2) is 58.7 Å². The van der Waals surface area contributed by atoms with Gasteiger partial charge in [-0.2, -0.15) is 0 Å². The van der Waals surface area contributed by atoms with Gasteiger partial charge in [-0.1, -0.05) is 29.8 Å². The van der Waals surface area contributed by atoms with Gasteiger partial charge in [0, 0.05) is 53.3 Å². The van der Waals surface area contributed by atoms with Gasteiger partial charge in [0.1, 0.15) is 0 Å².